The lowest BCUT2D eigenvalue weighted by atomic mass is 10.1. The number of hydrogen-bond acceptors (Lipinski definition) is 3. The molecule has 0 heterocycles. The summed E-state index contributed by atoms with van der Waals surface area (Å²) in [5.74, 6) is -1.43. The maximum absolute atomic E-state index is 11.8. The van der Waals surface area contributed by atoms with Gasteiger partial charge in [0.15, 0.2) is 0 Å². The zero-order valence-corrected chi connectivity index (χ0v) is 13.7. The number of anilines is 3. The average molecular weight is 353 g/mol. The van der Waals surface area contributed by atoms with Crippen molar-refractivity contribution < 1.29 is 14.7 Å². The highest BCUT2D eigenvalue weighted by molar-refractivity contribution is 6.33. The van der Waals surface area contributed by atoms with Gasteiger partial charge >= 0.3 is 5.97 Å². The molecule has 1 atom stereocenters. The van der Waals surface area contributed by atoms with E-state index in [2.05, 4.69) is 10.6 Å². The Morgan fingerprint density at radius 2 is 1.78 bits per heavy atom. The van der Waals surface area contributed by atoms with Crippen molar-refractivity contribution in [1.29, 1.82) is 0 Å². The summed E-state index contributed by atoms with van der Waals surface area (Å²) in [6.07, 6.45) is 0. The predicted molar refractivity (Wildman–Crippen MR) is 92.1 cm³/mol. The number of benzene rings is 2. The van der Waals surface area contributed by atoms with Crippen LogP contribution in [0.15, 0.2) is 42.5 Å². The number of amides is 1. The van der Waals surface area contributed by atoms with E-state index < -0.39 is 11.3 Å². The number of carbonyl (C=O) groups is 2. The van der Waals surface area contributed by atoms with E-state index in [-0.39, 0.29) is 11.5 Å². The minimum absolute atomic E-state index is 0.107. The molecule has 2 aromatic carbocycles. The molecule has 0 aliphatic heterocycles. The number of carbonyl (C=O) groups excluding carboxylic acids is 1. The zero-order valence-electron chi connectivity index (χ0n) is 12.1. The summed E-state index contributed by atoms with van der Waals surface area (Å²) in [7, 11) is 0. The Bertz CT molecular complexity index is 748. The molecular weight excluding hydrogens is 339 g/mol. The van der Waals surface area contributed by atoms with E-state index in [0.717, 1.165) is 0 Å². The predicted octanol–water partition coefficient (Wildman–Crippen LogP) is 4.35. The fourth-order valence-electron chi connectivity index (χ4n) is 1.88. The Hall–Kier alpha value is -2.24. The third-order valence-corrected chi connectivity index (χ3v) is 3.46. The molecule has 0 radical (unpaired) electrons. The van der Waals surface area contributed by atoms with Crippen LogP contribution in [0.4, 0.5) is 17.1 Å². The zero-order chi connectivity index (χ0) is 17.0. The molecule has 0 saturated carbocycles. The monoisotopic (exact) mass is 352 g/mol. The summed E-state index contributed by atoms with van der Waals surface area (Å²) in [6.45, 7) is 1.56. The summed E-state index contributed by atoms with van der Waals surface area (Å²) < 4.78 is 0. The van der Waals surface area contributed by atoms with Gasteiger partial charge in [0.2, 0.25) is 5.91 Å². The summed E-state index contributed by atoms with van der Waals surface area (Å²) in [6, 6.07) is 11.3. The van der Waals surface area contributed by atoms with Crippen molar-refractivity contribution in [3.8, 4) is 0 Å². The topological polar surface area (TPSA) is 78.4 Å². The molecule has 2 aromatic rings. The van der Waals surface area contributed by atoms with Gasteiger partial charge in [0.05, 0.1) is 22.6 Å². The van der Waals surface area contributed by atoms with Gasteiger partial charge in [-0.15, -0.1) is 11.6 Å². The van der Waals surface area contributed by atoms with Crippen LogP contribution in [0.3, 0.4) is 0 Å². The molecule has 120 valence electrons. The second kappa shape index (κ2) is 7.35. The van der Waals surface area contributed by atoms with Crippen molar-refractivity contribution in [3.63, 3.8) is 0 Å². The van der Waals surface area contributed by atoms with E-state index in [9.17, 15) is 14.7 Å². The first-order chi connectivity index (χ1) is 10.9. The second-order valence-electron chi connectivity index (χ2n) is 4.77. The van der Waals surface area contributed by atoms with E-state index in [1.54, 1.807) is 43.3 Å². The van der Waals surface area contributed by atoms with Crippen molar-refractivity contribution in [2.75, 3.05) is 10.6 Å². The SMILES string of the molecule is CC(Cl)C(=O)Nc1ccc(Cl)cc1Nc1ccccc1C(=O)O. The Morgan fingerprint density at radius 1 is 1.09 bits per heavy atom. The smallest absolute Gasteiger partial charge is 0.337 e. The van der Waals surface area contributed by atoms with Crippen molar-refractivity contribution in [2.45, 2.75) is 12.3 Å². The lowest BCUT2D eigenvalue weighted by molar-refractivity contribution is -0.115. The molecule has 2 rings (SSSR count). The molecule has 0 aliphatic carbocycles. The number of halogens is 2. The Balaban J connectivity index is 2.38. The number of rotatable bonds is 5. The minimum Gasteiger partial charge on any atom is -0.478 e. The molecule has 1 unspecified atom stereocenters. The quantitative estimate of drug-likeness (QED) is 0.699. The first-order valence-electron chi connectivity index (χ1n) is 6.72. The van der Waals surface area contributed by atoms with Crippen molar-refractivity contribution in [2.24, 2.45) is 0 Å². The minimum atomic E-state index is -1.06. The van der Waals surface area contributed by atoms with Crippen molar-refractivity contribution in [3.05, 3.63) is 53.1 Å². The molecule has 0 bridgehead atoms. The van der Waals surface area contributed by atoms with Gasteiger partial charge in [-0.05, 0) is 37.3 Å². The number of aromatic carboxylic acids is 1. The molecule has 0 fully saturated rings. The van der Waals surface area contributed by atoms with Crippen molar-refractivity contribution >= 4 is 52.1 Å². The summed E-state index contributed by atoms with van der Waals surface area (Å²) >= 11 is 11.7. The van der Waals surface area contributed by atoms with E-state index in [1.807, 2.05) is 0 Å². The number of hydrogen-bond donors (Lipinski definition) is 3. The van der Waals surface area contributed by atoms with E-state index in [1.165, 1.54) is 6.07 Å². The van der Waals surface area contributed by atoms with Crippen LogP contribution >= 0.6 is 23.2 Å². The first kappa shape index (κ1) is 17.1. The van der Waals surface area contributed by atoms with Gasteiger partial charge in [-0.3, -0.25) is 4.79 Å². The highest BCUT2D eigenvalue weighted by Gasteiger charge is 2.14. The van der Waals surface area contributed by atoms with Crippen LogP contribution in [0.25, 0.3) is 0 Å². The summed E-state index contributed by atoms with van der Waals surface area (Å²) in [5.41, 5.74) is 1.41. The summed E-state index contributed by atoms with van der Waals surface area (Å²) in [4.78, 5) is 23.1. The third-order valence-electron chi connectivity index (χ3n) is 3.03. The standard InChI is InChI=1S/C16H14Cl2N2O3/c1-9(17)15(21)20-13-7-6-10(18)8-14(13)19-12-5-3-2-4-11(12)16(22)23/h2-9,19H,1H3,(H,20,21)(H,22,23). The molecule has 1 amide bonds. The number of carboxylic acid groups (broad SMARTS) is 1. The van der Waals surface area contributed by atoms with Crippen LogP contribution in [-0.4, -0.2) is 22.4 Å². The summed E-state index contributed by atoms with van der Waals surface area (Å²) in [5, 5.41) is 14.6. The van der Waals surface area contributed by atoms with Gasteiger partial charge in [0, 0.05) is 5.02 Å². The molecule has 0 spiro atoms. The van der Waals surface area contributed by atoms with Gasteiger partial charge in [-0.2, -0.15) is 0 Å². The number of alkyl halides is 1. The maximum atomic E-state index is 11.8. The highest BCUT2D eigenvalue weighted by atomic mass is 35.5. The van der Waals surface area contributed by atoms with Gasteiger partial charge in [-0.1, -0.05) is 23.7 Å². The second-order valence-corrected chi connectivity index (χ2v) is 5.86. The molecule has 7 heteroatoms. The van der Waals surface area contributed by atoms with Crippen LogP contribution in [0, 0.1) is 0 Å². The van der Waals surface area contributed by atoms with Crippen molar-refractivity contribution in [1.82, 2.24) is 0 Å². The fourth-order valence-corrected chi connectivity index (χ4v) is 2.11. The van der Waals surface area contributed by atoms with E-state index in [4.69, 9.17) is 23.2 Å². The number of nitrogens with one attached hydrogen (secondary N) is 2. The molecule has 0 aromatic heterocycles. The van der Waals surface area contributed by atoms with Crippen LogP contribution in [-0.2, 0) is 4.79 Å². The van der Waals surface area contributed by atoms with Gasteiger partial charge in [-0.25, -0.2) is 4.79 Å². The molecule has 23 heavy (non-hydrogen) atoms. The largest absolute Gasteiger partial charge is 0.478 e. The molecule has 5 nitrogen and oxygen atoms in total. The normalized spacial score (nSPS) is 11.6. The van der Waals surface area contributed by atoms with Crippen LogP contribution in [0.1, 0.15) is 17.3 Å². The van der Waals surface area contributed by atoms with Crippen LogP contribution in [0.5, 0.6) is 0 Å². The number of carboxylic acids is 1. The van der Waals surface area contributed by atoms with Gasteiger partial charge in [0.1, 0.15) is 5.38 Å². The average Bonchev–Trinajstić information content (AvgIpc) is 2.50. The lowest BCUT2D eigenvalue weighted by Gasteiger charge is -2.15. The number of para-hydroxylation sites is 1. The Labute approximate surface area is 143 Å². The van der Waals surface area contributed by atoms with Crippen LogP contribution < -0.4 is 10.6 Å². The Kier molecular flexibility index (Phi) is 5.47. The maximum Gasteiger partial charge on any atom is 0.337 e. The van der Waals surface area contributed by atoms with Crippen LogP contribution in [0.2, 0.25) is 5.02 Å². The molecule has 3 N–H and O–H groups in total. The Morgan fingerprint density at radius 3 is 2.43 bits per heavy atom. The lowest BCUT2D eigenvalue weighted by Crippen LogP contribution is -2.21. The van der Waals surface area contributed by atoms with Gasteiger partial charge < -0.3 is 15.7 Å². The molecule has 0 aliphatic rings. The van der Waals surface area contributed by atoms with Gasteiger partial charge in [0.25, 0.3) is 0 Å². The fraction of sp³-hybridized carbons (Fsp3) is 0.125. The molecule has 0 saturated heterocycles. The molecular formula is C16H14Cl2N2O3. The third kappa shape index (κ3) is 4.37. The highest BCUT2D eigenvalue weighted by Crippen LogP contribution is 2.30. The first-order valence-corrected chi connectivity index (χ1v) is 7.53. The van der Waals surface area contributed by atoms with E-state index >= 15 is 0 Å². The van der Waals surface area contributed by atoms with E-state index in [0.29, 0.717) is 22.1 Å².